The van der Waals surface area contributed by atoms with E-state index in [2.05, 4.69) is 10.6 Å². The van der Waals surface area contributed by atoms with E-state index in [1.54, 1.807) is 37.8 Å². The van der Waals surface area contributed by atoms with Gasteiger partial charge in [0, 0.05) is 18.3 Å². The number of carbonyl (C=O) groups excluding carboxylic acids is 4. The van der Waals surface area contributed by atoms with Crippen molar-refractivity contribution in [1.29, 1.82) is 0 Å². The van der Waals surface area contributed by atoms with Gasteiger partial charge in [0.25, 0.3) is 5.91 Å². The molecule has 40 heavy (non-hydrogen) atoms. The second-order valence-corrected chi connectivity index (χ2v) is 12.2. The highest BCUT2D eigenvalue weighted by atomic mass is 16.6. The van der Waals surface area contributed by atoms with Crippen LogP contribution in [0.4, 0.5) is 15.3 Å². The van der Waals surface area contributed by atoms with E-state index in [1.807, 2.05) is 43.3 Å². The summed E-state index contributed by atoms with van der Waals surface area (Å²) in [5.74, 6) is -0.236. The van der Waals surface area contributed by atoms with Crippen molar-refractivity contribution in [2.75, 3.05) is 11.9 Å². The summed E-state index contributed by atoms with van der Waals surface area (Å²) in [5, 5.41) is 5.63. The van der Waals surface area contributed by atoms with E-state index < -0.39 is 23.3 Å². The number of anilines is 1. The van der Waals surface area contributed by atoms with Crippen LogP contribution in [0.15, 0.2) is 48.5 Å². The van der Waals surface area contributed by atoms with Crippen LogP contribution < -0.4 is 10.6 Å². The smallest absolute Gasteiger partial charge is 0.412 e. The topological polar surface area (TPSA) is 108 Å². The predicted molar refractivity (Wildman–Crippen MR) is 150 cm³/mol. The van der Waals surface area contributed by atoms with Gasteiger partial charge in [0.05, 0.1) is 0 Å². The van der Waals surface area contributed by atoms with Gasteiger partial charge >= 0.3 is 12.1 Å². The highest BCUT2D eigenvalue weighted by molar-refractivity contribution is 6.10. The van der Waals surface area contributed by atoms with Crippen LogP contribution in [-0.2, 0) is 32.8 Å². The molecule has 2 aromatic rings. The normalized spacial score (nSPS) is 21.1. The lowest BCUT2D eigenvalue weighted by molar-refractivity contribution is -0.142. The van der Waals surface area contributed by atoms with E-state index in [9.17, 15) is 19.2 Å². The standard InChI is InChI=1S/C31H38N4O5/c1-20(22-9-7-10-22)34(18-21-12-14-24(15-13-21)32-29(39)40-30(2,3)4)26(36)19-35-27(37)31(33-28(35)38)17-16-23-8-5-6-11-25(23)31/h5-6,8,11-15,20,22H,7,9-10,16-19H2,1-4H3,(H,32,39)(H,33,38)/t20-,31?/m0/s1. The first kappa shape index (κ1) is 27.7. The second-order valence-electron chi connectivity index (χ2n) is 12.2. The van der Waals surface area contributed by atoms with Crippen LogP contribution in [0.3, 0.4) is 0 Å². The van der Waals surface area contributed by atoms with Crippen molar-refractivity contribution in [3.05, 3.63) is 65.2 Å². The molecule has 1 aliphatic heterocycles. The second kappa shape index (κ2) is 10.6. The first-order valence-corrected chi connectivity index (χ1v) is 14.1. The van der Waals surface area contributed by atoms with Crippen LogP contribution in [-0.4, -0.2) is 51.9 Å². The van der Waals surface area contributed by atoms with Gasteiger partial charge in [-0.15, -0.1) is 0 Å². The number of hydrogen-bond donors (Lipinski definition) is 2. The molecule has 9 nitrogen and oxygen atoms in total. The molecule has 2 aliphatic carbocycles. The van der Waals surface area contributed by atoms with Gasteiger partial charge in [0.15, 0.2) is 0 Å². The van der Waals surface area contributed by atoms with Crippen LogP contribution >= 0.6 is 0 Å². The fraction of sp³-hybridized carbons (Fsp3) is 0.484. The zero-order valence-corrected chi connectivity index (χ0v) is 23.7. The van der Waals surface area contributed by atoms with Crippen LogP contribution in [0.5, 0.6) is 0 Å². The summed E-state index contributed by atoms with van der Waals surface area (Å²) in [6.45, 7) is 7.48. The molecule has 0 aromatic heterocycles. The highest BCUT2D eigenvalue weighted by Crippen LogP contribution is 2.41. The van der Waals surface area contributed by atoms with Gasteiger partial charge in [-0.05, 0) is 88.1 Å². The average Bonchev–Trinajstić information content (AvgIpc) is 3.34. The molecule has 9 heteroatoms. The number of benzene rings is 2. The third kappa shape index (κ3) is 5.42. The van der Waals surface area contributed by atoms with Crippen molar-refractivity contribution < 1.29 is 23.9 Å². The van der Waals surface area contributed by atoms with Gasteiger partial charge in [0.2, 0.25) is 5.91 Å². The van der Waals surface area contributed by atoms with Gasteiger partial charge in [0.1, 0.15) is 17.7 Å². The number of imide groups is 1. The first-order chi connectivity index (χ1) is 19.0. The minimum Gasteiger partial charge on any atom is -0.444 e. The Morgan fingerprint density at radius 2 is 1.82 bits per heavy atom. The minimum atomic E-state index is -1.09. The zero-order chi connectivity index (χ0) is 28.7. The largest absolute Gasteiger partial charge is 0.444 e. The van der Waals surface area contributed by atoms with E-state index in [1.165, 1.54) is 0 Å². The molecule has 2 N–H and O–H groups in total. The minimum absolute atomic E-state index is 0.0391. The van der Waals surface area contributed by atoms with E-state index in [4.69, 9.17) is 4.74 Å². The van der Waals surface area contributed by atoms with Gasteiger partial charge in [-0.25, -0.2) is 9.59 Å². The Morgan fingerprint density at radius 3 is 2.48 bits per heavy atom. The number of rotatable bonds is 7. The first-order valence-electron chi connectivity index (χ1n) is 14.1. The Labute approximate surface area is 235 Å². The molecule has 1 saturated carbocycles. The van der Waals surface area contributed by atoms with Crippen LogP contribution in [0.2, 0.25) is 0 Å². The maximum atomic E-state index is 13.8. The monoisotopic (exact) mass is 546 g/mol. The number of nitrogens with one attached hydrogen (secondary N) is 2. The molecule has 5 rings (SSSR count). The average molecular weight is 547 g/mol. The molecule has 2 aromatic carbocycles. The summed E-state index contributed by atoms with van der Waals surface area (Å²) in [5.41, 5.74) is 1.65. The predicted octanol–water partition coefficient (Wildman–Crippen LogP) is 4.94. The molecular weight excluding hydrogens is 508 g/mol. The van der Waals surface area contributed by atoms with E-state index in [0.29, 0.717) is 31.0 Å². The number of hydrogen-bond acceptors (Lipinski definition) is 5. The maximum absolute atomic E-state index is 13.8. The summed E-state index contributed by atoms with van der Waals surface area (Å²) in [7, 11) is 0. The molecule has 212 valence electrons. The van der Waals surface area contributed by atoms with Gasteiger partial charge in [-0.3, -0.25) is 19.8 Å². The molecule has 5 amide bonds. The summed E-state index contributed by atoms with van der Waals surface area (Å²) in [6.07, 6.45) is 3.89. The van der Waals surface area contributed by atoms with Crippen LogP contribution in [0.1, 0.15) is 70.1 Å². The number of nitrogens with zero attached hydrogens (tertiary/aromatic N) is 2. The van der Waals surface area contributed by atoms with Crippen molar-refractivity contribution in [2.24, 2.45) is 5.92 Å². The Bertz CT molecular complexity index is 1310. The number of aryl methyl sites for hydroxylation is 1. The lowest BCUT2D eigenvalue weighted by Gasteiger charge is -2.39. The van der Waals surface area contributed by atoms with Crippen molar-refractivity contribution in [3.63, 3.8) is 0 Å². The maximum Gasteiger partial charge on any atom is 0.412 e. The van der Waals surface area contributed by atoms with Crippen LogP contribution in [0, 0.1) is 5.92 Å². The molecule has 0 bridgehead atoms. The molecule has 3 aliphatic rings. The molecule has 1 spiro atoms. The number of fused-ring (bicyclic) bond motifs is 2. The zero-order valence-electron chi connectivity index (χ0n) is 23.7. The molecule has 2 atom stereocenters. The molecular formula is C31H38N4O5. The van der Waals surface area contributed by atoms with Crippen molar-refractivity contribution in [3.8, 4) is 0 Å². The number of carbonyl (C=O) groups is 4. The lowest BCUT2D eigenvalue weighted by atomic mass is 9.79. The van der Waals surface area contributed by atoms with Crippen molar-refractivity contribution in [2.45, 2.75) is 83.5 Å². The SMILES string of the molecule is C[C@@H](C1CCC1)N(Cc1ccc(NC(=O)OC(C)(C)C)cc1)C(=O)CN1C(=O)NC2(CCc3ccccc32)C1=O. The highest BCUT2D eigenvalue weighted by Gasteiger charge is 2.55. The molecule has 2 fully saturated rings. The summed E-state index contributed by atoms with van der Waals surface area (Å²) in [6, 6.07) is 14.4. The molecule has 1 saturated heterocycles. The lowest BCUT2D eigenvalue weighted by Crippen LogP contribution is -2.49. The third-order valence-electron chi connectivity index (χ3n) is 8.31. The Hall–Kier alpha value is -3.88. The molecule has 1 heterocycles. The number of ether oxygens (including phenoxy) is 1. The number of urea groups is 1. The van der Waals surface area contributed by atoms with Gasteiger partial charge in [-0.1, -0.05) is 42.8 Å². The van der Waals surface area contributed by atoms with E-state index in [-0.39, 0.29) is 24.4 Å². The Balaban J connectivity index is 1.30. The van der Waals surface area contributed by atoms with Crippen LogP contribution in [0.25, 0.3) is 0 Å². The van der Waals surface area contributed by atoms with Gasteiger partial charge < -0.3 is 15.0 Å². The Morgan fingerprint density at radius 1 is 1.12 bits per heavy atom. The van der Waals surface area contributed by atoms with E-state index in [0.717, 1.165) is 40.9 Å². The fourth-order valence-electron chi connectivity index (χ4n) is 5.91. The fourth-order valence-corrected chi connectivity index (χ4v) is 5.91. The Kier molecular flexibility index (Phi) is 7.33. The van der Waals surface area contributed by atoms with E-state index >= 15 is 0 Å². The van der Waals surface area contributed by atoms with Gasteiger partial charge in [-0.2, -0.15) is 0 Å². The van der Waals surface area contributed by atoms with Crippen molar-refractivity contribution >= 4 is 29.6 Å². The summed E-state index contributed by atoms with van der Waals surface area (Å²) in [4.78, 5) is 55.4. The quantitative estimate of drug-likeness (QED) is 0.478. The summed E-state index contributed by atoms with van der Waals surface area (Å²) < 4.78 is 5.31. The summed E-state index contributed by atoms with van der Waals surface area (Å²) >= 11 is 0. The third-order valence-corrected chi connectivity index (χ3v) is 8.31. The number of amides is 5. The molecule has 0 radical (unpaired) electrons. The van der Waals surface area contributed by atoms with Crippen molar-refractivity contribution in [1.82, 2.24) is 15.1 Å². The molecule has 1 unspecified atom stereocenters.